The normalized spacial score (nSPS) is 17.5. The summed E-state index contributed by atoms with van der Waals surface area (Å²) in [4.78, 5) is 13.8. The van der Waals surface area contributed by atoms with E-state index in [9.17, 15) is 13.6 Å². The van der Waals surface area contributed by atoms with Crippen molar-refractivity contribution in [1.82, 2.24) is 10.2 Å². The Bertz CT molecular complexity index is 485. The number of carbonyl (C=O) groups is 1. The van der Waals surface area contributed by atoms with Gasteiger partial charge in [-0.2, -0.15) is 20.5 Å². The fraction of sp³-hybridized carbons (Fsp3) is 0.533. The molecule has 1 N–H and O–H groups in total. The van der Waals surface area contributed by atoms with Crippen molar-refractivity contribution in [3.05, 3.63) is 29.8 Å². The fourth-order valence-electron chi connectivity index (χ4n) is 2.26. The van der Waals surface area contributed by atoms with E-state index in [1.165, 1.54) is 12.1 Å². The Morgan fingerprint density at radius 1 is 1.43 bits per heavy atom. The summed E-state index contributed by atoms with van der Waals surface area (Å²) in [6.45, 7) is -1.43. The Balaban J connectivity index is 0.00000264. The molecule has 0 radical (unpaired) electrons. The minimum absolute atomic E-state index is 0. The Morgan fingerprint density at radius 3 is 2.70 bits per heavy atom. The highest BCUT2D eigenvalue weighted by Gasteiger charge is 2.19. The number of alkyl halides is 2. The zero-order valence-corrected chi connectivity index (χ0v) is 14.5. The second kappa shape index (κ2) is 9.95. The highest BCUT2D eigenvalue weighted by molar-refractivity contribution is 7.99. The molecule has 4 nitrogen and oxygen atoms in total. The number of ether oxygens (including phenoxy) is 1. The minimum atomic E-state index is -2.82. The Morgan fingerprint density at radius 2 is 2.13 bits per heavy atom. The van der Waals surface area contributed by atoms with Gasteiger partial charge in [-0.25, -0.2) is 0 Å². The van der Waals surface area contributed by atoms with Crippen molar-refractivity contribution in [2.24, 2.45) is 0 Å². The molecule has 1 aliphatic heterocycles. The van der Waals surface area contributed by atoms with Crippen LogP contribution in [-0.2, 0) is 11.3 Å². The third kappa shape index (κ3) is 6.93. The molecule has 1 amide bonds. The molecule has 2 rings (SSSR count). The van der Waals surface area contributed by atoms with Crippen LogP contribution in [0, 0.1) is 0 Å². The lowest BCUT2D eigenvalue weighted by molar-refractivity contribution is -0.130. The third-order valence-electron chi connectivity index (χ3n) is 3.41. The third-order valence-corrected chi connectivity index (χ3v) is 4.54. The van der Waals surface area contributed by atoms with Gasteiger partial charge in [0, 0.05) is 44.1 Å². The first kappa shape index (κ1) is 20.0. The van der Waals surface area contributed by atoms with Gasteiger partial charge >= 0.3 is 6.61 Å². The number of thioether (sulfide) groups is 1. The highest BCUT2D eigenvalue weighted by Crippen LogP contribution is 2.16. The molecule has 130 valence electrons. The van der Waals surface area contributed by atoms with Crippen molar-refractivity contribution in [3.63, 3.8) is 0 Å². The minimum Gasteiger partial charge on any atom is -0.435 e. The number of nitrogens with one attached hydrogen (secondary N) is 1. The molecule has 0 spiro atoms. The summed E-state index contributed by atoms with van der Waals surface area (Å²) in [5, 5.41) is 3.34. The van der Waals surface area contributed by atoms with Crippen LogP contribution < -0.4 is 10.1 Å². The van der Waals surface area contributed by atoms with Crippen LogP contribution in [0.25, 0.3) is 0 Å². The second-order valence-electron chi connectivity index (χ2n) is 5.20. The molecule has 8 heteroatoms. The lowest BCUT2D eigenvalue weighted by Crippen LogP contribution is -2.41. The maximum Gasteiger partial charge on any atom is 0.387 e. The van der Waals surface area contributed by atoms with Crippen molar-refractivity contribution >= 4 is 30.1 Å². The molecule has 0 aliphatic carbocycles. The summed E-state index contributed by atoms with van der Waals surface area (Å²) >= 11 is 1.86. The van der Waals surface area contributed by atoms with Gasteiger partial charge in [-0.15, -0.1) is 12.4 Å². The highest BCUT2D eigenvalue weighted by atomic mass is 35.5. The van der Waals surface area contributed by atoms with E-state index in [4.69, 9.17) is 0 Å². The van der Waals surface area contributed by atoms with Gasteiger partial charge in [-0.1, -0.05) is 12.1 Å². The number of halogens is 3. The topological polar surface area (TPSA) is 41.6 Å². The number of rotatable bonds is 6. The van der Waals surface area contributed by atoms with Gasteiger partial charge in [-0.3, -0.25) is 4.79 Å². The lowest BCUT2D eigenvalue weighted by atomic mass is 10.1. The molecule has 1 aliphatic rings. The van der Waals surface area contributed by atoms with Gasteiger partial charge in [0.25, 0.3) is 0 Å². The lowest BCUT2D eigenvalue weighted by Gasteiger charge is -2.25. The molecule has 1 aromatic rings. The number of hydrogen-bond acceptors (Lipinski definition) is 4. The average Bonchev–Trinajstić information content (AvgIpc) is 2.49. The van der Waals surface area contributed by atoms with Gasteiger partial charge in [-0.05, 0) is 17.7 Å². The van der Waals surface area contributed by atoms with Gasteiger partial charge in [0.2, 0.25) is 5.91 Å². The first-order chi connectivity index (χ1) is 10.5. The van der Waals surface area contributed by atoms with Crippen LogP contribution in [-0.4, -0.2) is 48.6 Å². The number of hydrogen-bond donors (Lipinski definition) is 1. The summed E-state index contributed by atoms with van der Waals surface area (Å²) < 4.78 is 28.5. The summed E-state index contributed by atoms with van der Waals surface area (Å²) in [5.41, 5.74) is 0.878. The average molecular weight is 367 g/mol. The Hall–Kier alpha value is -1.05. The van der Waals surface area contributed by atoms with Crippen LogP contribution in [0.1, 0.15) is 12.0 Å². The molecule has 0 saturated carbocycles. The van der Waals surface area contributed by atoms with Crippen molar-refractivity contribution in [2.45, 2.75) is 25.6 Å². The molecule has 1 saturated heterocycles. The number of benzene rings is 1. The molecule has 1 fully saturated rings. The molecule has 0 aromatic heterocycles. The van der Waals surface area contributed by atoms with E-state index in [2.05, 4.69) is 10.1 Å². The van der Waals surface area contributed by atoms with Gasteiger partial charge in [0.05, 0.1) is 0 Å². The summed E-state index contributed by atoms with van der Waals surface area (Å²) in [6, 6.07) is 6.58. The maximum atomic E-state index is 12.2. The fourth-order valence-corrected chi connectivity index (χ4v) is 3.20. The molecule has 1 unspecified atom stereocenters. The van der Waals surface area contributed by atoms with E-state index in [-0.39, 0.29) is 30.1 Å². The predicted molar refractivity (Wildman–Crippen MR) is 90.5 cm³/mol. The molecular formula is C15H21ClF2N2O2S. The molecule has 23 heavy (non-hydrogen) atoms. The van der Waals surface area contributed by atoms with Crippen molar-refractivity contribution in [1.29, 1.82) is 0 Å². The zero-order valence-electron chi connectivity index (χ0n) is 12.8. The van der Waals surface area contributed by atoms with Gasteiger partial charge in [0.1, 0.15) is 5.75 Å². The first-order valence-corrected chi connectivity index (χ1v) is 8.29. The van der Waals surface area contributed by atoms with Gasteiger partial charge < -0.3 is 15.0 Å². The van der Waals surface area contributed by atoms with E-state index in [0.29, 0.717) is 13.0 Å². The summed E-state index contributed by atoms with van der Waals surface area (Å²) in [5.74, 6) is 2.25. The second-order valence-corrected chi connectivity index (χ2v) is 6.35. The Kier molecular flexibility index (Phi) is 8.65. The molecule has 1 heterocycles. The number of nitrogens with zero attached hydrogens (tertiary/aromatic N) is 1. The van der Waals surface area contributed by atoms with Crippen LogP contribution in [0.4, 0.5) is 8.78 Å². The van der Waals surface area contributed by atoms with E-state index >= 15 is 0 Å². The van der Waals surface area contributed by atoms with Crippen LogP contribution in [0.3, 0.4) is 0 Å². The molecule has 0 bridgehead atoms. The maximum absolute atomic E-state index is 12.2. The molecular weight excluding hydrogens is 346 g/mol. The van der Waals surface area contributed by atoms with E-state index in [1.807, 2.05) is 11.8 Å². The van der Waals surface area contributed by atoms with E-state index in [1.54, 1.807) is 24.1 Å². The largest absolute Gasteiger partial charge is 0.435 e. The SMILES string of the molecule is CN(Cc1ccc(OC(F)F)cc1)C(=O)CC1CSCCN1.Cl. The summed E-state index contributed by atoms with van der Waals surface area (Å²) in [6.07, 6.45) is 0.482. The van der Waals surface area contributed by atoms with E-state index in [0.717, 1.165) is 23.6 Å². The number of carbonyl (C=O) groups excluding carboxylic acids is 1. The smallest absolute Gasteiger partial charge is 0.387 e. The van der Waals surface area contributed by atoms with Gasteiger partial charge in [0.15, 0.2) is 0 Å². The summed E-state index contributed by atoms with van der Waals surface area (Å²) in [7, 11) is 1.75. The van der Waals surface area contributed by atoms with Crippen molar-refractivity contribution in [2.75, 3.05) is 25.1 Å². The van der Waals surface area contributed by atoms with Crippen LogP contribution in [0.2, 0.25) is 0 Å². The van der Waals surface area contributed by atoms with Crippen LogP contribution in [0.15, 0.2) is 24.3 Å². The standard InChI is InChI=1S/C15H20F2N2O2S.ClH/c1-19(14(20)8-12-10-22-7-6-18-12)9-11-2-4-13(5-3-11)21-15(16)17;/h2-5,12,15,18H,6-10H2,1H3;1H. The zero-order chi connectivity index (χ0) is 15.9. The first-order valence-electron chi connectivity index (χ1n) is 7.13. The number of amides is 1. The predicted octanol–water partition coefficient (Wildman–Crippen LogP) is 2.76. The molecule has 1 atom stereocenters. The Labute approximate surface area is 145 Å². The monoisotopic (exact) mass is 366 g/mol. The quantitative estimate of drug-likeness (QED) is 0.840. The van der Waals surface area contributed by atoms with Crippen molar-refractivity contribution in [3.8, 4) is 5.75 Å². The molecule has 1 aromatic carbocycles. The van der Waals surface area contributed by atoms with Crippen LogP contribution in [0.5, 0.6) is 5.75 Å². The van der Waals surface area contributed by atoms with Crippen molar-refractivity contribution < 1.29 is 18.3 Å². The van der Waals surface area contributed by atoms with Crippen LogP contribution >= 0.6 is 24.2 Å². The van der Waals surface area contributed by atoms with E-state index < -0.39 is 6.61 Å².